The molecule has 0 radical (unpaired) electrons. The van der Waals surface area contributed by atoms with Crippen molar-refractivity contribution in [3.8, 4) is 0 Å². The molecule has 580 valence electrons. The van der Waals surface area contributed by atoms with Crippen LogP contribution < -0.4 is 76.9 Å². The van der Waals surface area contributed by atoms with E-state index in [0.717, 1.165) is 54.2 Å². The van der Waals surface area contributed by atoms with Gasteiger partial charge in [0.1, 0.15) is 48.3 Å². The van der Waals surface area contributed by atoms with Gasteiger partial charge < -0.3 is 96.7 Å². The van der Waals surface area contributed by atoms with Crippen LogP contribution in [0.25, 0.3) is 10.8 Å². The molecule has 4 bridgehead atoms. The summed E-state index contributed by atoms with van der Waals surface area (Å²) < 4.78 is 0. The number of nitrogens with zero attached hydrogens (tertiary/aromatic N) is 5. The van der Waals surface area contributed by atoms with E-state index >= 15 is 0 Å². The van der Waals surface area contributed by atoms with Gasteiger partial charge in [-0.2, -0.15) is 0 Å². The highest BCUT2D eigenvalue weighted by atomic mass is 32.1. The molecular weight excluding hydrogens is 1420 g/mol. The Bertz CT molecular complexity index is 3850. The summed E-state index contributed by atoms with van der Waals surface area (Å²) in [6.45, 7) is -1.65. The molecule has 2 aromatic heterocycles. The predicted molar refractivity (Wildman–Crippen MR) is 401 cm³/mol. The lowest BCUT2D eigenvalue weighted by atomic mass is 9.48. The number of ketones is 1. The number of aliphatic carboxylic acids is 1. The van der Waals surface area contributed by atoms with Gasteiger partial charge >= 0.3 is 5.97 Å². The molecule has 10 rings (SSSR count). The number of hydrogen-bond donors (Lipinski definition) is 17. The average Bonchev–Trinajstić information content (AvgIpc) is 1.02. The molecule has 2 aliphatic heterocycles. The number of carboxylic acids is 1. The van der Waals surface area contributed by atoms with Crippen LogP contribution in [0.3, 0.4) is 0 Å². The lowest BCUT2D eigenvalue weighted by Gasteiger charge is -2.56. The minimum Gasteiger partial charge on any atom is -0.480 e. The maximum absolute atomic E-state index is 14.9. The largest absolute Gasteiger partial charge is 0.480 e. The molecule has 4 heterocycles. The van der Waals surface area contributed by atoms with Crippen molar-refractivity contribution in [2.45, 2.75) is 176 Å². The van der Waals surface area contributed by atoms with E-state index in [1.54, 1.807) is 47.2 Å². The van der Waals surface area contributed by atoms with E-state index in [1.165, 1.54) is 27.6 Å². The maximum atomic E-state index is 14.9. The Balaban J connectivity index is 0.847. The maximum Gasteiger partial charge on any atom is 0.326 e. The van der Waals surface area contributed by atoms with E-state index < -0.39 is 138 Å². The summed E-state index contributed by atoms with van der Waals surface area (Å²) in [6, 6.07) is 7.49. The number of carboxylic acid groups (broad SMARTS) is 1. The first-order valence-corrected chi connectivity index (χ1v) is 38.2. The zero-order chi connectivity index (χ0) is 76.9. The van der Waals surface area contributed by atoms with E-state index in [9.17, 15) is 68.1 Å². The summed E-state index contributed by atoms with van der Waals surface area (Å²) in [7, 11) is 0. The Labute approximate surface area is 627 Å². The quantitative estimate of drug-likeness (QED) is 0.0129. The lowest BCUT2D eigenvalue weighted by Crippen LogP contribution is -2.60. The minimum atomic E-state index is -1.76. The third-order valence-electron chi connectivity index (χ3n) is 20.6. The molecule has 6 fully saturated rings. The Morgan fingerprint density at radius 2 is 1.04 bits per heavy atom. The van der Waals surface area contributed by atoms with Crippen LogP contribution >= 0.6 is 22.7 Å². The predicted octanol–water partition coefficient (Wildman–Crippen LogP) is -2.05. The number of hydrogen-bond acceptors (Lipinski definition) is 19. The highest BCUT2D eigenvalue weighted by Gasteiger charge is 2.54. The van der Waals surface area contributed by atoms with Crippen LogP contribution in [0.1, 0.15) is 112 Å². The highest BCUT2D eigenvalue weighted by molar-refractivity contribution is 7.10. The van der Waals surface area contributed by atoms with Gasteiger partial charge in [0.25, 0.3) is 0 Å². The normalized spacial score (nSPS) is 21.8. The number of Topliss-reactive ketones (excluding diaryl/α,β-unsaturated/α-hetero) is 1. The van der Waals surface area contributed by atoms with E-state index in [1.807, 2.05) is 30.3 Å². The van der Waals surface area contributed by atoms with E-state index in [4.69, 9.17) is 34.4 Å². The van der Waals surface area contributed by atoms with Gasteiger partial charge in [0.2, 0.25) is 53.2 Å². The van der Waals surface area contributed by atoms with Crippen LogP contribution in [-0.2, 0) is 72.0 Å². The fraction of sp³-hybridized carbons (Fsp3) is 0.556. The van der Waals surface area contributed by atoms with Gasteiger partial charge in [-0.05, 0) is 147 Å². The second-order valence-corrected chi connectivity index (χ2v) is 30.7. The number of amides is 9. The van der Waals surface area contributed by atoms with Gasteiger partial charge in [0, 0.05) is 73.6 Å². The first-order valence-electron chi connectivity index (χ1n) is 36.4. The minimum absolute atomic E-state index is 0.0390. The third-order valence-corrected chi connectivity index (χ3v) is 22.4. The number of nitrogens with one attached hydrogen (secondary N) is 8. The molecule has 35 heteroatoms. The Hall–Kier alpha value is -9.84. The molecule has 0 spiro atoms. The topological polar surface area (TPSA) is 544 Å². The van der Waals surface area contributed by atoms with Gasteiger partial charge in [-0.1, -0.05) is 54.6 Å². The van der Waals surface area contributed by atoms with E-state index in [0.29, 0.717) is 45.9 Å². The summed E-state index contributed by atoms with van der Waals surface area (Å²) in [4.78, 5) is 172. The molecule has 10 atom stereocenters. The molecular formula is C72H101N19O14S2. The second-order valence-electron chi connectivity index (χ2n) is 28.6. The average molecular weight is 1520 g/mol. The van der Waals surface area contributed by atoms with Crippen LogP contribution in [0.5, 0.6) is 0 Å². The standard InChI is InChI=1S/C72H101N19O14S2/c73-69(74)79-19-3-13-49(82-36-58(94)72-33-41-25-42(34-72)27-43(26-41)35-72)60(96)85-50(14-4-20-80-70(75)76)66(102)90-22-6-16-56(90)67(103)91-38-46(93)30-57(91)65(101)83-37-59(95)84-53(31-47-11-7-23-106-47)62(98)89-55(39-92)64(100)87-52(29-40-17-18-44-9-1-2-10-45(44)28-40)61(97)88-54(32-48-12-8-24-107-48)63(99)86-51(68(104)105)15-5-21-81-71(77)78/h1-2,7-12,17-18,23-24,28,41-43,46,49-57,82,92-93H,3-6,13-16,19-22,25-27,29-39H2,(H,83,101)(H,84,95)(H,85,96)(H,86,99)(H,87,100)(H,88,97)(H,89,98)(H,104,105)(H4,73,74,79)(H4,75,76,80)(H4,77,78,81)/t41?,42?,43?,46-,49-,50+,51+,52-,53+,54-,55+,56+,57+,72?/m1/s1. The van der Waals surface area contributed by atoms with Crippen molar-refractivity contribution >= 4 is 116 Å². The number of likely N-dealkylation sites (tertiary alicyclic amines) is 2. The summed E-state index contributed by atoms with van der Waals surface area (Å²) >= 11 is 2.53. The molecule has 0 unspecified atom stereocenters. The number of guanidine groups is 3. The summed E-state index contributed by atoms with van der Waals surface area (Å²) in [5.74, 6) is -7.53. The number of rotatable bonds is 40. The van der Waals surface area contributed by atoms with Crippen LogP contribution in [-0.4, -0.2) is 221 Å². The molecule has 6 aliphatic rings. The molecule has 4 saturated carbocycles. The Morgan fingerprint density at radius 1 is 0.542 bits per heavy atom. The van der Waals surface area contributed by atoms with Crippen LogP contribution in [0.15, 0.2) is 92.5 Å². The van der Waals surface area contributed by atoms with Crippen molar-refractivity contribution in [2.75, 3.05) is 52.4 Å². The summed E-state index contributed by atoms with van der Waals surface area (Å²) in [5.41, 5.74) is 33.5. The molecule has 2 aromatic carbocycles. The number of fused-ring (bicyclic) bond motifs is 1. The SMILES string of the molecule is NC(N)=NCCC[C@H](NC(=O)[C@@H](Cc1cccs1)NC(=O)[C@@H](Cc1ccc2ccccc2c1)NC(=O)[C@H](CO)NC(=O)[C@H](Cc1cccs1)NC(=O)CNC(=O)[C@@H]1C[C@@H](O)CN1C(=O)[C@@H]1CCCN1C(=O)[C@H](CCCN=C(N)N)NC(=O)[C@@H](CCCN=C(N)N)NCC(=O)C12CC3CC(CC(C3)C1)C2)C(=O)O. The third kappa shape index (κ3) is 23.1. The zero-order valence-electron chi connectivity index (χ0n) is 59.7. The van der Waals surface area contributed by atoms with Gasteiger partial charge in [0.05, 0.1) is 31.8 Å². The number of carbonyl (C=O) groups is 11. The molecule has 9 amide bonds. The Kier molecular flexibility index (Phi) is 29.3. The number of benzene rings is 2. The molecule has 2 saturated heterocycles. The number of β-amino-alcohol motifs (C(OH)–C–C–N with tert-alkyl or cyclic N) is 1. The van der Waals surface area contributed by atoms with Crippen LogP contribution in [0, 0.1) is 23.2 Å². The molecule has 23 N–H and O–H groups in total. The summed E-state index contributed by atoms with van der Waals surface area (Å²) in [6.07, 6.45) is 5.59. The van der Waals surface area contributed by atoms with Crippen molar-refractivity contribution < 1.29 is 68.1 Å². The Morgan fingerprint density at radius 3 is 1.58 bits per heavy atom. The zero-order valence-corrected chi connectivity index (χ0v) is 61.4. The molecule has 33 nitrogen and oxygen atoms in total. The van der Waals surface area contributed by atoms with Crippen LogP contribution in [0.2, 0.25) is 0 Å². The van der Waals surface area contributed by atoms with Crippen molar-refractivity contribution in [1.82, 2.24) is 52.3 Å². The second kappa shape index (κ2) is 38.6. The van der Waals surface area contributed by atoms with Crippen LogP contribution in [0.4, 0.5) is 0 Å². The number of thiophene rings is 2. The number of carbonyl (C=O) groups excluding carboxylic acids is 10. The number of aliphatic imine (C=N–C) groups is 3. The fourth-order valence-electron chi connectivity index (χ4n) is 15.8. The first-order chi connectivity index (χ1) is 51.2. The number of nitrogens with two attached hydrogens (primary N) is 6. The van der Waals surface area contributed by atoms with Gasteiger partial charge in [0.15, 0.2) is 23.7 Å². The smallest absolute Gasteiger partial charge is 0.326 e. The highest BCUT2D eigenvalue weighted by Crippen LogP contribution is 2.60. The molecule has 4 aliphatic carbocycles. The molecule has 107 heavy (non-hydrogen) atoms. The van der Waals surface area contributed by atoms with Gasteiger partial charge in [-0.3, -0.25) is 68.2 Å². The first kappa shape index (κ1) is 81.2. The van der Waals surface area contributed by atoms with Crippen molar-refractivity contribution in [1.29, 1.82) is 0 Å². The van der Waals surface area contributed by atoms with E-state index in [-0.39, 0.29) is 127 Å². The van der Waals surface area contributed by atoms with Gasteiger partial charge in [-0.25, -0.2) is 4.79 Å². The summed E-state index contributed by atoms with van der Waals surface area (Å²) in [5, 5.41) is 58.7. The molecule has 4 aromatic rings. The monoisotopic (exact) mass is 1520 g/mol. The number of aliphatic hydroxyl groups is 2. The van der Waals surface area contributed by atoms with Gasteiger partial charge in [-0.15, -0.1) is 22.7 Å². The lowest BCUT2D eigenvalue weighted by molar-refractivity contribution is -0.148. The van der Waals surface area contributed by atoms with E-state index in [2.05, 4.69) is 57.5 Å². The fourth-order valence-corrected chi connectivity index (χ4v) is 17.3. The number of aliphatic hydroxyl groups excluding tert-OH is 2. The van der Waals surface area contributed by atoms with Crippen molar-refractivity contribution in [2.24, 2.45) is 72.5 Å². The van der Waals surface area contributed by atoms with Crippen molar-refractivity contribution in [3.63, 3.8) is 0 Å². The van der Waals surface area contributed by atoms with Crippen molar-refractivity contribution in [3.05, 3.63) is 92.8 Å².